The van der Waals surface area contributed by atoms with Gasteiger partial charge in [0.25, 0.3) is 0 Å². The molecule has 0 spiro atoms. The molecule has 0 heterocycles. The zero-order valence-corrected chi connectivity index (χ0v) is 13.7. The standard InChI is InChI=1S/C18H23ClN2/c1-13-11-16(20)15(19)12-17(13)21-18(2,3)10-9-14-7-5-4-6-8-14/h4-8,11-12,21H,9-10,20H2,1-3H3. The average molecular weight is 303 g/mol. The summed E-state index contributed by atoms with van der Waals surface area (Å²) in [7, 11) is 0. The van der Waals surface area contributed by atoms with Crippen LogP contribution in [0.2, 0.25) is 5.02 Å². The number of nitrogens with two attached hydrogens (primary N) is 1. The molecule has 0 atom stereocenters. The SMILES string of the molecule is Cc1cc(N)c(Cl)cc1NC(C)(C)CCc1ccccc1. The van der Waals surface area contributed by atoms with Crippen molar-refractivity contribution >= 4 is 23.0 Å². The van der Waals surface area contributed by atoms with E-state index in [-0.39, 0.29) is 5.54 Å². The molecule has 0 bridgehead atoms. The number of anilines is 2. The third-order valence-electron chi connectivity index (χ3n) is 3.70. The average Bonchev–Trinajstić information content (AvgIpc) is 2.44. The highest BCUT2D eigenvalue weighted by atomic mass is 35.5. The van der Waals surface area contributed by atoms with Gasteiger partial charge in [-0.15, -0.1) is 0 Å². The molecule has 0 aliphatic heterocycles. The molecule has 0 unspecified atom stereocenters. The minimum Gasteiger partial charge on any atom is -0.398 e. The normalized spacial score (nSPS) is 11.4. The fourth-order valence-electron chi connectivity index (χ4n) is 2.37. The second kappa shape index (κ2) is 6.40. The summed E-state index contributed by atoms with van der Waals surface area (Å²) in [6, 6.07) is 14.4. The Kier molecular flexibility index (Phi) is 4.79. The Morgan fingerprint density at radius 3 is 2.48 bits per heavy atom. The van der Waals surface area contributed by atoms with Crippen LogP contribution in [-0.2, 0) is 6.42 Å². The molecule has 0 aliphatic rings. The molecule has 3 N–H and O–H groups in total. The lowest BCUT2D eigenvalue weighted by molar-refractivity contribution is 0.518. The lowest BCUT2D eigenvalue weighted by Crippen LogP contribution is -2.31. The van der Waals surface area contributed by atoms with E-state index in [0.717, 1.165) is 24.1 Å². The van der Waals surface area contributed by atoms with Gasteiger partial charge in [0.15, 0.2) is 0 Å². The zero-order valence-electron chi connectivity index (χ0n) is 12.9. The molecule has 0 fully saturated rings. The maximum atomic E-state index is 6.12. The Balaban J connectivity index is 2.05. The zero-order chi connectivity index (χ0) is 15.5. The third-order valence-corrected chi connectivity index (χ3v) is 4.03. The Morgan fingerprint density at radius 2 is 1.81 bits per heavy atom. The van der Waals surface area contributed by atoms with Crippen LogP contribution in [0, 0.1) is 6.92 Å². The summed E-state index contributed by atoms with van der Waals surface area (Å²) in [6.45, 7) is 6.46. The maximum absolute atomic E-state index is 6.12. The number of nitrogen functional groups attached to an aromatic ring is 1. The largest absolute Gasteiger partial charge is 0.398 e. The summed E-state index contributed by atoms with van der Waals surface area (Å²) in [5.74, 6) is 0. The third kappa shape index (κ3) is 4.40. The first-order chi connectivity index (χ1) is 9.87. The molecule has 2 aromatic rings. The predicted octanol–water partition coefficient (Wildman–Crippen LogP) is 5.05. The molecule has 112 valence electrons. The highest BCUT2D eigenvalue weighted by molar-refractivity contribution is 6.33. The van der Waals surface area contributed by atoms with Crippen molar-refractivity contribution in [3.63, 3.8) is 0 Å². The van der Waals surface area contributed by atoms with E-state index in [4.69, 9.17) is 17.3 Å². The van der Waals surface area contributed by atoms with Crippen molar-refractivity contribution in [2.75, 3.05) is 11.1 Å². The molecule has 0 aromatic heterocycles. The van der Waals surface area contributed by atoms with Gasteiger partial charge < -0.3 is 11.1 Å². The molecule has 2 nitrogen and oxygen atoms in total. The van der Waals surface area contributed by atoms with Gasteiger partial charge in [0.2, 0.25) is 0 Å². The highest BCUT2D eigenvalue weighted by Gasteiger charge is 2.18. The van der Waals surface area contributed by atoms with E-state index < -0.39 is 0 Å². The number of halogens is 1. The molecule has 0 amide bonds. The van der Waals surface area contributed by atoms with E-state index in [1.165, 1.54) is 5.56 Å². The molecule has 2 aromatic carbocycles. The summed E-state index contributed by atoms with van der Waals surface area (Å²) in [5.41, 5.74) is 9.97. The molecular weight excluding hydrogens is 280 g/mol. The molecule has 0 aliphatic carbocycles. The van der Waals surface area contributed by atoms with Gasteiger partial charge in [-0.3, -0.25) is 0 Å². The van der Waals surface area contributed by atoms with Crippen LogP contribution in [0.15, 0.2) is 42.5 Å². The van der Waals surface area contributed by atoms with Gasteiger partial charge in [-0.25, -0.2) is 0 Å². The first-order valence-electron chi connectivity index (χ1n) is 7.25. The van der Waals surface area contributed by atoms with Crippen LogP contribution in [0.5, 0.6) is 0 Å². The van der Waals surface area contributed by atoms with E-state index in [1.54, 1.807) is 0 Å². The van der Waals surface area contributed by atoms with Crippen molar-refractivity contribution in [2.24, 2.45) is 0 Å². The van der Waals surface area contributed by atoms with Crippen LogP contribution in [0.25, 0.3) is 0 Å². The first-order valence-corrected chi connectivity index (χ1v) is 7.63. The summed E-state index contributed by atoms with van der Waals surface area (Å²) in [5, 5.41) is 4.18. The second-order valence-corrected chi connectivity index (χ2v) is 6.59. The molecule has 3 heteroatoms. The van der Waals surface area contributed by atoms with Crippen molar-refractivity contribution in [2.45, 2.75) is 39.2 Å². The van der Waals surface area contributed by atoms with E-state index in [2.05, 4.69) is 43.4 Å². The quantitative estimate of drug-likeness (QED) is 0.758. The van der Waals surface area contributed by atoms with Crippen LogP contribution in [0.4, 0.5) is 11.4 Å². The van der Waals surface area contributed by atoms with Gasteiger partial charge >= 0.3 is 0 Å². The Hall–Kier alpha value is -1.67. The van der Waals surface area contributed by atoms with Crippen molar-refractivity contribution < 1.29 is 0 Å². The maximum Gasteiger partial charge on any atom is 0.0656 e. The summed E-state index contributed by atoms with van der Waals surface area (Å²) < 4.78 is 0. The lowest BCUT2D eigenvalue weighted by atomic mass is 9.94. The van der Waals surface area contributed by atoms with Crippen molar-refractivity contribution in [1.82, 2.24) is 0 Å². The molecule has 0 radical (unpaired) electrons. The monoisotopic (exact) mass is 302 g/mol. The summed E-state index contributed by atoms with van der Waals surface area (Å²) in [6.07, 6.45) is 2.08. The van der Waals surface area contributed by atoms with Crippen LogP contribution in [0.1, 0.15) is 31.4 Å². The van der Waals surface area contributed by atoms with Gasteiger partial charge in [0.05, 0.1) is 10.7 Å². The van der Waals surface area contributed by atoms with Gasteiger partial charge in [-0.1, -0.05) is 41.9 Å². The summed E-state index contributed by atoms with van der Waals surface area (Å²) in [4.78, 5) is 0. The smallest absolute Gasteiger partial charge is 0.0656 e. The van der Waals surface area contributed by atoms with Crippen LogP contribution in [-0.4, -0.2) is 5.54 Å². The number of aryl methyl sites for hydroxylation is 2. The topological polar surface area (TPSA) is 38.0 Å². The Labute approximate surface area is 132 Å². The molecule has 2 rings (SSSR count). The number of hydrogen-bond acceptors (Lipinski definition) is 2. The fraction of sp³-hybridized carbons (Fsp3) is 0.333. The van der Waals surface area contributed by atoms with E-state index in [0.29, 0.717) is 10.7 Å². The van der Waals surface area contributed by atoms with E-state index in [1.807, 2.05) is 25.1 Å². The first kappa shape index (κ1) is 15.7. The Morgan fingerprint density at radius 1 is 1.14 bits per heavy atom. The predicted molar refractivity (Wildman–Crippen MR) is 93.1 cm³/mol. The molecule has 0 saturated carbocycles. The van der Waals surface area contributed by atoms with Gasteiger partial charge in [0, 0.05) is 11.2 Å². The van der Waals surface area contributed by atoms with Crippen LogP contribution in [0.3, 0.4) is 0 Å². The van der Waals surface area contributed by atoms with E-state index >= 15 is 0 Å². The van der Waals surface area contributed by atoms with Gasteiger partial charge in [-0.05, 0) is 56.9 Å². The molecule has 0 saturated heterocycles. The van der Waals surface area contributed by atoms with Gasteiger partial charge in [0.1, 0.15) is 0 Å². The number of rotatable bonds is 5. The van der Waals surface area contributed by atoms with Crippen LogP contribution < -0.4 is 11.1 Å². The number of hydrogen-bond donors (Lipinski definition) is 2. The number of nitrogens with one attached hydrogen (secondary N) is 1. The summed E-state index contributed by atoms with van der Waals surface area (Å²) >= 11 is 6.12. The minimum atomic E-state index is -0.0138. The minimum absolute atomic E-state index is 0.0138. The van der Waals surface area contributed by atoms with Crippen molar-refractivity contribution in [3.05, 3.63) is 58.6 Å². The van der Waals surface area contributed by atoms with Gasteiger partial charge in [-0.2, -0.15) is 0 Å². The fourth-order valence-corrected chi connectivity index (χ4v) is 2.53. The highest BCUT2D eigenvalue weighted by Crippen LogP contribution is 2.29. The van der Waals surface area contributed by atoms with E-state index in [9.17, 15) is 0 Å². The van der Waals surface area contributed by atoms with Crippen LogP contribution >= 0.6 is 11.6 Å². The Bertz CT molecular complexity index is 606. The number of benzene rings is 2. The van der Waals surface area contributed by atoms with Crippen molar-refractivity contribution in [1.29, 1.82) is 0 Å². The molecule has 21 heavy (non-hydrogen) atoms. The lowest BCUT2D eigenvalue weighted by Gasteiger charge is -2.29. The second-order valence-electron chi connectivity index (χ2n) is 6.18. The molecular formula is C18H23ClN2. The van der Waals surface area contributed by atoms with Crippen molar-refractivity contribution in [3.8, 4) is 0 Å².